The van der Waals surface area contributed by atoms with Gasteiger partial charge in [-0.15, -0.1) is 0 Å². The molecule has 0 unspecified atom stereocenters. The number of rotatable bonds is 4. The van der Waals surface area contributed by atoms with Crippen molar-refractivity contribution in [1.29, 1.82) is 0 Å². The standard InChI is InChI=1S/C15H17BrN2O4/c1-2-22-14(20)10-13(19)17-8-3-9-18(17)15(21)11-4-6-12(16)7-5-11/h4-7H,2-3,8-10H2,1H3. The van der Waals surface area contributed by atoms with E-state index in [9.17, 15) is 14.4 Å². The van der Waals surface area contributed by atoms with Gasteiger partial charge in [0.15, 0.2) is 0 Å². The molecule has 0 spiro atoms. The third kappa shape index (κ3) is 3.85. The number of benzene rings is 1. The average molecular weight is 369 g/mol. The Balaban J connectivity index is 2.06. The van der Waals surface area contributed by atoms with Gasteiger partial charge in [0.05, 0.1) is 6.61 Å². The maximum absolute atomic E-state index is 12.5. The minimum atomic E-state index is -0.574. The van der Waals surface area contributed by atoms with Crippen LogP contribution in [0.25, 0.3) is 0 Å². The highest BCUT2D eigenvalue weighted by Gasteiger charge is 2.32. The van der Waals surface area contributed by atoms with Crippen LogP contribution in [0.15, 0.2) is 28.7 Å². The highest BCUT2D eigenvalue weighted by Crippen LogP contribution is 2.18. The van der Waals surface area contributed by atoms with E-state index in [0.717, 1.165) is 4.47 Å². The smallest absolute Gasteiger partial charge is 0.315 e. The molecule has 1 heterocycles. The van der Waals surface area contributed by atoms with Crippen LogP contribution in [-0.2, 0) is 14.3 Å². The zero-order valence-corrected chi connectivity index (χ0v) is 13.8. The number of hydrazine groups is 1. The minimum absolute atomic E-state index is 0.230. The molecule has 1 aliphatic heterocycles. The maximum Gasteiger partial charge on any atom is 0.315 e. The van der Waals surface area contributed by atoms with Gasteiger partial charge in [-0.2, -0.15) is 0 Å². The first kappa shape index (κ1) is 16.5. The fourth-order valence-electron chi connectivity index (χ4n) is 2.25. The SMILES string of the molecule is CCOC(=O)CC(=O)N1CCCN1C(=O)c1ccc(Br)cc1. The van der Waals surface area contributed by atoms with E-state index in [2.05, 4.69) is 15.9 Å². The van der Waals surface area contributed by atoms with E-state index in [1.54, 1.807) is 31.2 Å². The van der Waals surface area contributed by atoms with Crippen LogP contribution in [0.2, 0.25) is 0 Å². The molecule has 0 bridgehead atoms. The largest absolute Gasteiger partial charge is 0.466 e. The third-order valence-corrected chi connectivity index (χ3v) is 3.77. The van der Waals surface area contributed by atoms with Crippen LogP contribution < -0.4 is 0 Å². The Hall–Kier alpha value is -1.89. The molecule has 1 aliphatic rings. The van der Waals surface area contributed by atoms with E-state index >= 15 is 0 Å². The van der Waals surface area contributed by atoms with Gasteiger partial charge in [-0.1, -0.05) is 15.9 Å². The van der Waals surface area contributed by atoms with Crippen molar-refractivity contribution in [2.75, 3.05) is 19.7 Å². The van der Waals surface area contributed by atoms with Gasteiger partial charge in [0.2, 0.25) is 0 Å². The molecule has 6 nitrogen and oxygen atoms in total. The second-order valence-electron chi connectivity index (χ2n) is 4.79. The first-order chi connectivity index (χ1) is 10.5. The molecule has 2 rings (SSSR count). The van der Waals surface area contributed by atoms with Crippen molar-refractivity contribution in [3.05, 3.63) is 34.3 Å². The molecule has 7 heteroatoms. The van der Waals surface area contributed by atoms with Crippen molar-refractivity contribution >= 4 is 33.7 Å². The van der Waals surface area contributed by atoms with Crippen LogP contribution in [0.1, 0.15) is 30.1 Å². The fraction of sp³-hybridized carbons (Fsp3) is 0.400. The van der Waals surface area contributed by atoms with Crippen LogP contribution in [-0.4, -0.2) is 47.5 Å². The van der Waals surface area contributed by atoms with Crippen molar-refractivity contribution < 1.29 is 19.1 Å². The lowest BCUT2D eigenvalue weighted by atomic mass is 10.2. The van der Waals surface area contributed by atoms with Crippen LogP contribution in [0.5, 0.6) is 0 Å². The molecular formula is C15H17BrN2O4. The number of esters is 1. The quantitative estimate of drug-likeness (QED) is 0.602. The van der Waals surface area contributed by atoms with Gasteiger partial charge < -0.3 is 4.74 Å². The van der Waals surface area contributed by atoms with Gasteiger partial charge in [-0.3, -0.25) is 19.4 Å². The maximum atomic E-state index is 12.5. The number of nitrogens with zero attached hydrogens (tertiary/aromatic N) is 2. The lowest BCUT2D eigenvalue weighted by Gasteiger charge is -2.27. The number of ether oxygens (including phenoxy) is 1. The lowest BCUT2D eigenvalue weighted by Crippen LogP contribution is -2.45. The summed E-state index contributed by atoms with van der Waals surface area (Å²) < 4.78 is 5.65. The summed E-state index contributed by atoms with van der Waals surface area (Å²) in [6.45, 7) is 2.80. The van der Waals surface area contributed by atoms with Crippen LogP contribution >= 0.6 is 15.9 Å². The van der Waals surface area contributed by atoms with Gasteiger partial charge in [-0.25, -0.2) is 5.01 Å². The van der Waals surface area contributed by atoms with E-state index in [1.165, 1.54) is 10.0 Å². The topological polar surface area (TPSA) is 66.9 Å². The van der Waals surface area contributed by atoms with Crippen LogP contribution in [0, 0.1) is 0 Å². The van der Waals surface area contributed by atoms with E-state index < -0.39 is 11.9 Å². The number of amides is 2. The predicted molar refractivity (Wildman–Crippen MR) is 82.8 cm³/mol. The number of halogens is 1. The number of carbonyl (C=O) groups is 3. The minimum Gasteiger partial charge on any atom is -0.466 e. The summed E-state index contributed by atoms with van der Waals surface area (Å²) >= 11 is 3.31. The number of hydrogen-bond acceptors (Lipinski definition) is 4. The summed E-state index contributed by atoms with van der Waals surface area (Å²) in [5.41, 5.74) is 0.499. The van der Waals surface area contributed by atoms with Crippen LogP contribution in [0.4, 0.5) is 0 Å². The second kappa shape index (κ2) is 7.40. The zero-order valence-electron chi connectivity index (χ0n) is 12.3. The Labute approximate surface area is 137 Å². The monoisotopic (exact) mass is 368 g/mol. The first-order valence-corrected chi connectivity index (χ1v) is 7.85. The first-order valence-electron chi connectivity index (χ1n) is 7.06. The van der Waals surface area contributed by atoms with Crippen molar-refractivity contribution in [2.24, 2.45) is 0 Å². The molecule has 0 aliphatic carbocycles. The summed E-state index contributed by atoms with van der Waals surface area (Å²) in [6.07, 6.45) is 0.342. The lowest BCUT2D eigenvalue weighted by molar-refractivity contribution is -0.152. The predicted octanol–water partition coefficient (Wildman–Crippen LogP) is 1.99. The van der Waals surface area contributed by atoms with E-state index in [4.69, 9.17) is 4.74 Å². The van der Waals surface area contributed by atoms with E-state index in [1.807, 2.05) is 0 Å². The Morgan fingerprint density at radius 3 is 2.41 bits per heavy atom. The summed E-state index contributed by atoms with van der Waals surface area (Å²) in [5.74, 6) is -1.24. The third-order valence-electron chi connectivity index (χ3n) is 3.25. The van der Waals surface area contributed by atoms with E-state index in [0.29, 0.717) is 25.1 Å². The van der Waals surface area contributed by atoms with Gasteiger partial charge in [0.25, 0.3) is 11.8 Å². The molecule has 2 amide bonds. The molecule has 1 aromatic carbocycles. The van der Waals surface area contributed by atoms with Gasteiger partial charge in [-0.05, 0) is 37.6 Å². The molecule has 0 radical (unpaired) electrons. The van der Waals surface area contributed by atoms with Gasteiger partial charge in [0, 0.05) is 23.1 Å². The Kier molecular flexibility index (Phi) is 5.54. The summed E-state index contributed by atoms with van der Waals surface area (Å²) in [4.78, 5) is 36.1. The molecule has 0 aromatic heterocycles. The van der Waals surface area contributed by atoms with Crippen molar-refractivity contribution in [2.45, 2.75) is 19.8 Å². The Morgan fingerprint density at radius 1 is 1.14 bits per heavy atom. The molecule has 0 atom stereocenters. The van der Waals surface area contributed by atoms with Crippen molar-refractivity contribution in [1.82, 2.24) is 10.0 Å². The van der Waals surface area contributed by atoms with E-state index in [-0.39, 0.29) is 18.9 Å². The molecule has 1 fully saturated rings. The highest BCUT2D eigenvalue weighted by molar-refractivity contribution is 9.10. The summed E-state index contributed by atoms with van der Waals surface area (Å²) in [5, 5.41) is 2.73. The number of carbonyl (C=O) groups excluding carboxylic acids is 3. The second-order valence-corrected chi connectivity index (χ2v) is 5.70. The van der Waals surface area contributed by atoms with Crippen LogP contribution in [0.3, 0.4) is 0 Å². The summed E-state index contributed by atoms with van der Waals surface area (Å²) in [6, 6.07) is 6.93. The Morgan fingerprint density at radius 2 is 1.77 bits per heavy atom. The Bertz CT molecular complexity index is 573. The van der Waals surface area contributed by atoms with Gasteiger partial charge in [0.1, 0.15) is 6.42 Å². The molecular weight excluding hydrogens is 352 g/mol. The average Bonchev–Trinajstić information content (AvgIpc) is 2.97. The zero-order chi connectivity index (χ0) is 16.1. The molecule has 118 valence electrons. The highest BCUT2D eigenvalue weighted by atomic mass is 79.9. The molecule has 1 saturated heterocycles. The van der Waals surface area contributed by atoms with Crippen molar-refractivity contribution in [3.63, 3.8) is 0 Å². The van der Waals surface area contributed by atoms with Crippen molar-refractivity contribution in [3.8, 4) is 0 Å². The fourth-order valence-corrected chi connectivity index (χ4v) is 2.51. The summed E-state index contributed by atoms with van der Waals surface area (Å²) in [7, 11) is 0. The van der Waals surface area contributed by atoms with Gasteiger partial charge >= 0.3 is 5.97 Å². The molecule has 22 heavy (non-hydrogen) atoms. The normalized spacial score (nSPS) is 14.1. The molecule has 0 N–H and O–H groups in total. The number of hydrogen-bond donors (Lipinski definition) is 0. The molecule has 0 saturated carbocycles. The molecule has 1 aromatic rings.